The van der Waals surface area contributed by atoms with Crippen LogP contribution in [-0.4, -0.2) is 44.2 Å². The maximum absolute atomic E-state index is 12.5. The standard InChI is InChI=1S/C25H24ClF3N6O2/c1-36-21-12-17(7-10-20(21)34-13-22(26)30-15-34)31-24-32-23-19(4-2-3-11-35(23)33-24)16-5-8-18(9-6-16)37-14-25(27,28)29/h5-10,12-13,15,19H,2-4,11,14H2,1H3,(H,31,33)/t19-/m1/s1. The van der Waals surface area contributed by atoms with E-state index in [-0.39, 0.29) is 11.7 Å². The summed E-state index contributed by atoms with van der Waals surface area (Å²) in [6, 6.07) is 12.3. The lowest BCUT2D eigenvalue weighted by atomic mass is 9.93. The van der Waals surface area contributed by atoms with Crippen molar-refractivity contribution in [2.75, 3.05) is 19.0 Å². The van der Waals surface area contributed by atoms with Crippen LogP contribution in [0.2, 0.25) is 5.15 Å². The van der Waals surface area contributed by atoms with Gasteiger partial charge in [0.1, 0.15) is 28.8 Å². The normalized spacial score (nSPS) is 15.6. The first-order valence-corrected chi connectivity index (χ1v) is 12.1. The molecule has 0 saturated heterocycles. The SMILES string of the molecule is COc1cc(Nc2nc3n(n2)CCCC[C@@H]3c2ccc(OCC(F)(F)F)cc2)ccc1-n1cnc(Cl)c1. The number of aryl methyl sites for hydroxylation is 1. The molecule has 3 heterocycles. The van der Waals surface area contributed by atoms with Gasteiger partial charge in [-0.05, 0) is 42.7 Å². The van der Waals surface area contributed by atoms with Gasteiger partial charge in [-0.25, -0.2) is 9.67 Å². The van der Waals surface area contributed by atoms with E-state index in [1.165, 1.54) is 0 Å². The Bertz CT molecular complexity index is 1370. The van der Waals surface area contributed by atoms with E-state index in [0.29, 0.717) is 16.9 Å². The minimum Gasteiger partial charge on any atom is -0.494 e. The Balaban J connectivity index is 1.36. The molecule has 12 heteroatoms. The second-order valence-corrected chi connectivity index (χ2v) is 9.04. The molecule has 0 unspecified atom stereocenters. The van der Waals surface area contributed by atoms with Gasteiger partial charge in [-0.3, -0.25) is 0 Å². The number of rotatable bonds is 7. The second-order valence-electron chi connectivity index (χ2n) is 8.65. The van der Waals surface area contributed by atoms with E-state index in [0.717, 1.165) is 48.6 Å². The fourth-order valence-electron chi connectivity index (χ4n) is 4.37. The van der Waals surface area contributed by atoms with E-state index in [9.17, 15) is 13.2 Å². The van der Waals surface area contributed by atoms with Crippen molar-refractivity contribution < 1.29 is 22.6 Å². The van der Waals surface area contributed by atoms with E-state index in [1.54, 1.807) is 48.5 Å². The van der Waals surface area contributed by atoms with Crippen molar-refractivity contribution >= 4 is 23.2 Å². The number of benzene rings is 2. The van der Waals surface area contributed by atoms with Crippen LogP contribution in [-0.2, 0) is 6.54 Å². The predicted octanol–water partition coefficient (Wildman–Crippen LogP) is 6.13. The second kappa shape index (κ2) is 10.3. The summed E-state index contributed by atoms with van der Waals surface area (Å²) in [5.74, 6) is 2.01. The minimum absolute atomic E-state index is 0.0369. The van der Waals surface area contributed by atoms with Gasteiger partial charge < -0.3 is 19.4 Å². The quantitative estimate of drug-likeness (QED) is 0.309. The molecule has 0 spiro atoms. The zero-order valence-corrected chi connectivity index (χ0v) is 20.6. The highest BCUT2D eigenvalue weighted by atomic mass is 35.5. The number of halogens is 4. The maximum atomic E-state index is 12.5. The van der Waals surface area contributed by atoms with Crippen molar-refractivity contribution in [3.05, 3.63) is 71.5 Å². The van der Waals surface area contributed by atoms with Gasteiger partial charge in [0.25, 0.3) is 0 Å². The largest absolute Gasteiger partial charge is 0.494 e. The molecule has 1 aliphatic heterocycles. The Labute approximate surface area is 216 Å². The van der Waals surface area contributed by atoms with Gasteiger partial charge >= 0.3 is 6.18 Å². The van der Waals surface area contributed by atoms with Crippen molar-refractivity contribution in [3.8, 4) is 17.2 Å². The summed E-state index contributed by atoms with van der Waals surface area (Å²) >= 11 is 5.95. The summed E-state index contributed by atoms with van der Waals surface area (Å²) in [5, 5.41) is 8.30. The Morgan fingerprint density at radius 2 is 1.95 bits per heavy atom. The average Bonchev–Trinajstić information content (AvgIpc) is 3.43. The third kappa shape index (κ3) is 5.82. The first-order chi connectivity index (χ1) is 17.8. The van der Waals surface area contributed by atoms with Gasteiger partial charge in [-0.1, -0.05) is 30.2 Å². The lowest BCUT2D eigenvalue weighted by molar-refractivity contribution is -0.153. The molecule has 194 valence electrons. The molecule has 1 aliphatic rings. The lowest BCUT2D eigenvalue weighted by Crippen LogP contribution is -2.19. The fraction of sp³-hybridized carbons (Fsp3) is 0.320. The van der Waals surface area contributed by atoms with Crippen LogP contribution < -0.4 is 14.8 Å². The molecule has 0 amide bonds. The highest BCUT2D eigenvalue weighted by Crippen LogP contribution is 2.34. The lowest BCUT2D eigenvalue weighted by Gasteiger charge is -2.15. The van der Waals surface area contributed by atoms with E-state index in [4.69, 9.17) is 26.1 Å². The van der Waals surface area contributed by atoms with Gasteiger partial charge in [0.15, 0.2) is 6.61 Å². The number of methoxy groups -OCH3 is 1. The number of aromatic nitrogens is 5. The fourth-order valence-corrected chi connectivity index (χ4v) is 4.52. The topological polar surface area (TPSA) is 79.0 Å². The third-order valence-corrected chi connectivity index (χ3v) is 6.27. The van der Waals surface area contributed by atoms with E-state index in [2.05, 4.69) is 15.4 Å². The molecule has 4 aromatic rings. The van der Waals surface area contributed by atoms with Crippen molar-refractivity contribution in [1.82, 2.24) is 24.3 Å². The predicted molar refractivity (Wildman–Crippen MR) is 132 cm³/mol. The maximum Gasteiger partial charge on any atom is 0.422 e. The van der Waals surface area contributed by atoms with E-state index >= 15 is 0 Å². The molecule has 2 aromatic carbocycles. The summed E-state index contributed by atoms with van der Waals surface area (Å²) in [6.45, 7) is -0.585. The molecular formula is C25H24ClF3N6O2. The average molecular weight is 533 g/mol. The molecule has 0 bridgehead atoms. The van der Waals surface area contributed by atoms with Crippen LogP contribution in [0.4, 0.5) is 24.8 Å². The number of alkyl halides is 3. The molecule has 0 aliphatic carbocycles. The molecule has 1 atom stereocenters. The van der Waals surface area contributed by atoms with Crippen LogP contribution in [0.3, 0.4) is 0 Å². The number of hydrogen-bond donors (Lipinski definition) is 1. The molecule has 0 fully saturated rings. The van der Waals surface area contributed by atoms with Crippen molar-refractivity contribution in [2.45, 2.75) is 37.9 Å². The monoisotopic (exact) mass is 532 g/mol. The molecule has 5 rings (SSSR count). The highest BCUT2D eigenvalue weighted by Gasteiger charge is 2.29. The summed E-state index contributed by atoms with van der Waals surface area (Å²) in [6.07, 6.45) is 1.72. The van der Waals surface area contributed by atoms with Crippen molar-refractivity contribution in [3.63, 3.8) is 0 Å². The Morgan fingerprint density at radius 1 is 1.14 bits per heavy atom. The summed E-state index contributed by atoms with van der Waals surface area (Å²) in [7, 11) is 1.59. The number of hydrogen-bond acceptors (Lipinski definition) is 6. The zero-order valence-electron chi connectivity index (χ0n) is 19.9. The van der Waals surface area contributed by atoms with Gasteiger partial charge in [-0.15, -0.1) is 5.10 Å². The molecule has 1 N–H and O–H groups in total. The van der Waals surface area contributed by atoms with Crippen LogP contribution in [0, 0.1) is 0 Å². The van der Waals surface area contributed by atoms with Gasteiger partial charge in [0, 0.05) is 30.4 Å². The smallest absolute Gasteiger partial charge is 0.422 e. The number of imidazole rings is 1. The summed E-state index contributed by atoms with van der Waals surface area (Å²) < 4.78 is 51.4. The Morgan fingerprint density at radius 3 is 2.65 bits per heavy atom. The third-order valence-electron chi connectivity index (χ3n) is 6.07. The van der Waals surface area contributed by atoms with E-state index < -0.39 is 12.8 Å². The van der Waals surface area contributed by atoms with Gasteiger partial charge in [0.2, 0.25) is 5.95 Å². The Hall–Kier alpha value is -3.73. The van der Waals surface area contributed by atoms with Crippen LogP contribution in [0.25, 0.3) is 5.69 Å². The van der Waals surface area contributed by atoms with Crippen molar-refractivity contribution in [1.29, 1.82) is 0 Å². The van der Waals surface area contributed by atoms with Gasteiger partial charge in [0.05, 0.1) is 12.8 Å². The summed E-state index contributed by atoms with van der Waals surface area (Å²) in [4.78, 5) is 8.82. The number of nitrogens with one attached hydrogen (secondary N) is 1. The molecule has 37 heavy (non-hydrogen) atoms. The number of nitrogens with zero attached hydrogens (tertiary/aromatic N) is 5. The number of ether oxygens (including phenoxy) is 2. The van der Waals surface area contributed by atoms with E-state index in [1.807, 2.05) is 22.9 Å². The minimum atomic E-state index is -4.38. The zero-order chi connectivity index (χ0) is 26.0. The molecule has 0 saturated carbocycles. The van der Waals surface area contributed by atoms with Crippen LogP contribution in [0.15, 0.2) is 55.0 Å². The van der Waals surface area contributed by atoms with Crippen LogP contribution >= 0.6 is 11.6 Å². The number of fused-ring (bicyclic) bond motifs is 1. The molecule has 8 nitrogen and oxygen atoms in total. The van der Waals surface area contributed by atoms with Gasteiger partial charge in [-0.2, -0.15) is 18.2 Å². The number of anilines is 2. The van der Waals surface area contributed by atoms with Crippen LogP contribution in [0.1, 0.15) is 36.6 Å². The Kier molecular flexibility index (Phi) is 6.96. The molecule has 2 aromatic heterocycles. The van der Waals surface area contributed by atoms with Crippen LogP contribution in [0.5, 0.6) is 11.5 Å². The summed E-state index contributed by atoms with van der Waals surface area (Å²) in [5.41, 5.74) is 2.48. The molecular weight excluding hydrogens is 509 g/mol. The van der Waals surface area contributed by atoms with Crippen molar-refractivity contribution in [2.24, 2.45) is 0 Å². The highest BCUT2D eigenvalue weighted by molar-refractivity contribution is 6.29. The first-order valence-electron chi connectivity index (χ1n) is 11.7. The molecule has 0 radical (unpaired) electrons. The first kappa shape index (κ1) is 24.9.